The van der Waals surface area contributed by atoms with Crippen LogP contribution in [0.3, 0.4) is 0 Å². The van der Waals surface area contributed by atoms with Crippen molar-refractivity contribution in [2.75, 3.05) is 0 Å². The van der Waals surface area contributed by atoms with Crippen LogP contribution in [-0.2, 0) is 0 Å². The molecule has 222 valence electrons. The predicted molar refractivity (Wildman–Crippen MR) is 170 cm³/mol. The molecule has 4 rings (SSSR count). The molecule has 4 aliphatic carbocycles. The Hall–Kier alpha value is 0. The smallest absolute Gasteiger partial charge is 0.0209 e. The van der Waals surface area contributed by atoms with Crippen LogP contribution in [0.2, 0.25) is 0 Å². The summed E-state index contributed by atoms with van der Waals surface area (Å²) in [5, 5.41) is 0. The van der Waals surface area contributed by atoms with Gasteiger partial charge in [-0.25, -0.2) is 0 Å². The maximum absolute atomic E-state index is 2.81. The Balaban J connectivity index is 0.00000131. The maximum atomic E-state index is 2.81. The zero-order valence-electron chi connectivity index (χ0n) is 28.0. The van der Waals surface area contributed by atoms with Crippen LogP contribution in [0.25, 0.3) is 0 Å². The SMILES string of the molecule is C.CC.CC.CCC(C)C1C(C(C)C)CC2(C)CC3(C)C(C)C(C)C(C(C)C)C(C)C3(C)C3CCC1C32. The zero-order chi connectivity index (χ0) is 28.0. The van der Waals surface area contributed by atoms with Crippen molar-refractivity contribution in [2.45, 2.75) is 150 Å². The lowest BCUT2D eigenvalue weighted by molar-refractivity contribution is -0.255. The Kier molecular flexibility index (Phi) is 12.0. The van der Waals surface area contributed by atoms with Gasteiger partial charge in [0.25, 0.3) is 0 Å². The van der Waals surface area contributed by atoms with Crippen molar-refractivity contribution in [1.29, 1.82) is 0 Å². The average molecular weight is 519 g/mol. The third-order valence-electron chi connectivity index (χ3n) is 13.8. The quantitative estimate of drug-likeness (QED) is 0.347. The molecule has 0 bridgehead atoms. The third kappa shape index (κ3) is 5.03. The summed E-state index contributed by atoms with van der Waals surface area (Å²) in [5.74, 6) is 10.7. The van der Waals surface area contributed by atoms with Gasteiger partial charge in [0.2, 0.25) is 0 Å². The van der Waals surface area contributed by atoms with Crippen molar-refractivity contribution in [2.24, 2.45) is 87.3 Å². The Morgan fingerprint density at radius 2 is 1.30 bits per heavy atom. The first-order chi connectivity index (χ1) is 16.8. The molecule has 4 saturated carbocycles. The Morgan fingerprint density at radius 3 is 1.76 bits per heavy atom. The molecule has 4 fully saturated rings. The fraction of sp³-hybridized carbons (Fsp3) is 1.00. The second-order valence-corrected chi connectivity index (χ2v) is 15.2. The number of fused-ring (bicyclic) bond motifs is 2. The van der Waals surface area contributed by atoms with Gasteiger partial charge in [0.15, 0.2) is 0 Å². The number of hydrogen-bond acceptors (Lipinski definition) is 0. The van der Waals surface area contributed by atoms with Crippen LogP contribution >= 0.6 is 0 Å². The van der Waals surface area contributed by atoms with E-state index in [1.165, 1.54) is 32.1 Å². The number of rotatable bonds is 4. The van der Waals surface area contributed by atoms with E-state index in [9.17, 15) is 0 Å². The molecular formula is C37H74. The molecule has 37 heavy (non-hydrogen) atoms. The summed E-state index contributed by atoms with van der Waals surface area (Å²) in [7, 11) is 0. The lowest BCUT2D eigenvalue weighted by Crippen LogP contribution is -2.68. The standard InChI is InChI=1S/C32H58.2C2H6.CH4/c1-13-20(6)28-24-14-15-26-29(24)30(10,16-25(28)18(2)3)17-31(11)22(8)21(7)27(19(4)5)23(9)32(26,31)12;2*1-2;/h18-29H,13-17H2,1-12H3;2*1-2H3;1H4. The topological polar surface area (TPSA) is 0 Å². The van der Waals surface area contributed by atoms with E-state index >= 15 is 0 Å². The van der Waals surface area contributed by atoms with Crippen LogP contribution in [0.4, 0.5) is 0 Å². The molecule has 0 heteroatoms. The van der Waals surface area contributed by atoms with Crippen LogP contribution in [0, 0.1) is 87.3 Å². The first-order valence-electron chi connectivity index (χ1n) is 16.8. The summed E-state index contributed by atoms with van der Waals surface area (Å²) in [6.45, 7) is 39.6. The summed E-state index contributed by atoms with van der Waals surface area (Å²) in [6, 6.07) is 0. The van der Waals surface area contributed by atoms with Crippen molar-refractivity contribution in [3.05, 3.63) is 0 Å². The highest BCUT2D eigenvalue weighted by atomic mass is 14.8. The minimum absolute atomic E-state index is 0. The van der Waals surface area contributed by atoms with Gasteiger partial charge >= 0.3 is 0 Å². The Bertz CT molecular complexity index is 690. The zero-order valence-corrected chi connectivity index (χ0v) is 28.0. The molecule has 0 aromatic rings. The van der Waals surface area contributed by atoms with Crippen LogP contribution in [0.5, 0.6) is 0 Å². The van der Waals surface area contributed by atoms with Crippen LogP contribution in [-0.4, -0.2) is 0 Å². The molecular weight excluding hydrogens is 444 g/mol. The molecule has 0 N–H and O–H groups in total. The van der Waals surface area contributed by atoms with Gasteiger partial charge in [-0.15, -0.1) is 0 Å². The molecule has 0 radical (unpaired) electrons. The minimum atomic E-state index is 0. The summed E-state index contributed by atoms with van der Waals surface area (Å²) >= 11 is 0. The molecule has 13 atom stereocenters. The molecule has 0 spiro atoms. The monoisotopic (exact) mass is 519 g/mol. The lowest BCUT2D eigenvalue weighted by Gasteiger charge is -2.73. The summed E-state index contributed by atoms with van der Waals surface area (Å²) < 4.78 is 0. The third-order valence-corrected chi connectivity index (χ3v) is 13.8. The summed E-state index contributed by atoms with van der Waals surface area (Å²) in [6.07, 6.45) is 7.41. The van der Waals surface area contributed by atoms with E-state index in [1.807, 2.05) is 27.7 Å². The van der Waals surface area contributed by atoms with Crippen molar-refractivity contribution in [3.8, 4) is 0 Å². The molecule has 13 unspecified atom stereocenters. The highest BCUT2D eigenvalue weighted by Crippen LogP contribution is 2.78. The first kappa shape index (κ1) is 35.0. The lowest BCUT2D eigenvalue weighted by atomic mass is 9.31. The normalized spacial score (nSPS) is 49.0. The van der Waals surface area contributed by atoms with Gasteiger partial charge in [-0.3, -0.25) is 0 Å². The fourth-order valence-electron chi connectivity index (χ4n) is 12.2. The second kappa shape index (κ2) is 12.7. The van der Waals surface area contributed by atoms with E-state index in [1.54, 1.807) is 0 Å². The fourth-order valence-corrected chi connectivity index (χ4v) is 12.2. The molecule has 4 aliphatic rings. The second-order valence-electron chi connectivity index (χ2n) is 15.2. The first-order valence-corrected chi connectivity index (χ1v) is 16.8. The van der Waals surface area contributed by atoms with Gasteiger partial charge in [-0.2, -0.15) is 0 Å². The van der Waals surface area contributed by atoms with Crippen LogP contribution in [0.1, 0.15) is 150 Å². The highest BCUT2D eigenvalue weighted by Gasteiger charge is 2.72. The maximum Gasteiger partial charge on any atom is -0.0209 e. The van der Waals surface area contributed by atoms with Crippen molar-refractivity contribution >= 4 is 0 Å². The largest absolute Gasteiger partial charge is 0.0776 e. The molecule has 0 aromatic carbocycles. The van der Waals surface area contributed by atoms with E-state index in [2.05, 4.69) is 83.1 Å². The molecule has 0 aliphatic heterocycles. The van der Waals surface area contributed by atoms with Crippen molar-refractivity contribution in [1.82, 2.24) is 0 Å². The van der Waals surface area contributed by atoms with E-state index in [4.69, 9.17) is 0 Å². The van der Waals surface area contributed by atoms with Crippen molar-refractivity contribution < 1.29 is 0 Å². The van der Waals surface area contributed by atoms with Gasteiger partial charge in [0, 0.05) is 0 Å². The molecule has 0 heterocycles. The molecule has 0 saturated heterocycles. The molecule has 0 aromatic heterocycles. The van der Waals surface area contributed by atoms with Crippen LogP contribution in [0.15, 0.2) is 0 Å². The Labute approximate surface area is 237 Å². The van der Waals surface area contributed by atoms with Gasteiger partial charge in [0.05, 0.1) is 0 Å². The van der Waals surface area contributed by atoms with Gasteiger partial charge < -0.3 is 0 Å². The minimum Gasteiger partial charge on any atom is -0.0776 e. The average Bonchev–Trinajstić information content (AvgIpc) is 3.30. The van der Waals surface area contributed by atoms with Gasteiger partial charge in [-0.05, 0) is 113 Å². The number of hydrogen-bond donors (Lipinski definition) is 0. The molecule has 0 nitrogen and oxygen atoms in total. The van der Waals surface area contributed by atoms with E-state index < -0.39 is 0 Å². The molecule has 0 amide bonds. The van der Waals surface area contributed by atoms with Crippen LogP contribution < -0.4 is 0 Å². The van der Waals surface area contributed by atoms with E-state index in [0.717, 1.165) is 71.0 Å². The van der Waals surface area contributed by atoms with E-state index in [-0.39, 0.29) is 7.43 Å². The summed E-state index contributed by atoms with van der Waals surface area (Å²) in [5.41, 5.74) is 1.53. The Morgan fingerprint density at radius 1 is 0.757 bits per heavy atom. The van der Waals surface area contributed by atoms with E-state index in [0.29, 0.717) is 16.2 Å². The van der Waals surface area contributed by atoms with Gasteiger partial charge in [0.1, 0.15) is 0 Å². The van der Waals surface area contributed by atoms with Crippen molar-refractivity contribution in [3.63, 3.8) is 0 Å². The predicted octanol–water partition coefficient (Wildman–Crippen LogP) is 12.3. The summed E-state index contributed by atoms with van der Waals surface area (Å²) in [4.78, 5) is 0. The highest BCUT2D eigenvalue weighted by molar-refractivity contribution is 5.20. The van der Waals surface area contributed by atoms with Gasteiger partial charge in [-0.1, -0.05) is 125 Å².